The van der Waals surface area contributed by atoms with E-state index in [0.717, 1.165) is 12.1 Å². The molecule has 0 amide bonds. The van der Waals surface area contributed by atoms with Crippen LogP contribution in [0.2, 0.25) is 0 Å². The minimum Gasteiger partial charge on any atom is -0.195 e. The Balaban J connectivity index is 3.13. The smallest absolute Gasteiger partial charge is 0.195 e. The lowest BCUT2D eigenvalue weighted by Gasteiger charge is -2.24. The van der Waals surface area contributed by atoms with Crippen LogP contribution in [0.25, 0.3) is 0 Å². The number of benzene rings is 1. The van der Waals surface area contributed by atoms with E-state index >= 15 is 0 Å². The Bertz CT molecular complexity index is 407. The van der Waals surface area contributed by atoms with Crippen molar-refractivity contribution in [2.45, 2.75) is 18.1 Å². The van der Waals surface area contributed by atoms with Gasteiger partial charge in [0.15, 0.2) is 0 Å². The van der Waals surface area contributed by atoms with Gasteiger partial charge in [0.05, 0.1) is 5.69 Å². The van der Waals surface area contributed by atoms with Crippen molar-refractivity contribution in [2.24, 2.45) is 10.2 Å². The monoisotopic (exact) mass is 274 g/mol. The second-order valence-corrected chi connectivity index (χ2v) is 3.15. The lowest BCUT2D eigenvalue weighted by atomic mass is 10.2. The van der Waals surface area contributed by atoms with Crippen LogP contribution in [-0.4, -0.2) is 18.1 Å². The highest BCUT2D eigenvalue weighted by molar-refractivity contribution is 5.34. The summed E-state index contributed by atoms with van der Waals surface area (Å²) in [4.78, 5) is 0. The molecule has 0 aliphatic carbocycles. The molecule has 18 heavy (non-hydrogen) atoms. The molecule has 0 atom stereocenters. The van der Waals surface area contributed by atoms with Crippen LogP contribution in [-0.2, 0) is 0 Å². The highest BCUT2D eigenvalue weighted by Crippen LogP contribution is 2.47. The minimum atomic E-state index is -6.23. The average Bonchev–Trinajstić information content (AvgIpc) is 2.24. The van der Waals surface area contributed by atoms with Crippen LogP contribution in [0.4, 0.5) is 36.4 Å². The van der Waals surface area contributed by atoms with Crippen LogP contribution in [0.3, 0.4) is 0 Å². The van der Waals surface area contributed by atoms with Gasteiger partial charge in [-0.3, -0.25) is 0 Å². The van der Waals surface area contributed by atoms with E-state index in [1.54, 1.807) is 5.11 Å². The van der Waals surface area contributed by atoms with Gasteiger partial charge in [-0.05, 0) is 12.1 Å². The molecule has 0 unspecified atom stereocenters. The molecule has 1 aromatic carbocycles. The summed E-state index contributed by atoms with van der Waals surface area (Å²) in [7, 11) is 0. The quantitative estimate of drug-likeness (QED) is 0.429. The number of alkyl halides is 7. The summed E-state index contributed by atoms with van der Waals surface area (Å²) in [6.45, 7) is 0. The number of nitrogens with zero attached hydrogens (tertiary/aromatic N) is 2. The molecule has 0 aliphatic heterocycles. The van der Waals surface area contributed by atoms with Crippen molar-refractivity contribution in [1.29, 1.82) is 0 Å². The molecular formula is C9H5F7N2. The summed E-state index contributed by atoms with van der Waals surface area (Å²) in [5.74, 6) is -5.71. The van der Waals surface area contributed by atoms with Gasteiger partial charge in [-0.15, -0.1) is 5.11 Å². The zero-order valence-electron chi connectivity index (χ0n) is 8.43. The molecule has 0 saturated heterocycles. The first-order chi connectivity index (χ1) is 8.08. The van der Waals surface area contributed by atoms with E-state index in [9.17, 15) is 30.7 Å². The third kappa shape index (κ3) is 2.77. The molecule has 9 heteroatoms. The number of hydrogen-bond acceptors (Lipinski definition) is 2. The maximum Gasteiger partial charge on any atom is 0.455 e. The van der Waals surface area contributed by atoms with Gasteiger partial charge in [-0.2, -0.15) is 35.8 Å². The van der Waals surface area contributed by atoms with Gasteiger partial charge < -0.3 is 0 Å². The lowest BCUT2D eigenvalue weighted by molar-refractivity contribution is -0.340. The van der Waals surface area contributed by atoms with E-state index in [0.29, 0.717) is 0 Å². The van der Waals surface area contributed by atoms with Gasteiger partial charge in [-0.25, -0.2) is 0 Å². The van der Waals surface area contributed by atoms with Crippen LogP contribution < -0.4 is 0 Å². The summed E-state index contributed by atoms with van der Waals surface area (Å²) in [5.41, 5.74) is -0.326. The van der Waals surface area contributed by atoms with Gasteiger partial charge >= 0.3 is 18.1 Å². The van der Waals surface area contributed by atoms with Crippen molar-refractivity contribution in [2.75, 3.05) is 0 Å². The Morgan fingerprint density at radius 3 is 1.56 bits per heavy atom. The second-order valence-electron chi connectivity index (χ2n) is 3.15. The highest BCUT2D eigenvalue weighted by Gasteiger charge is 2.74. The van der Waals surface area contributed by atoms with E-state index in [1.807, 2.05) is 0 Å². The SMILES string of the molecule is FC(F)(F)C(F)(N=Nc1ccccc1)C(F)(F)F. The second kappa shape index (κ2) is 4.54. The third-order valence-electron chi connectivity index (χ3n) is 1.81. The molecular weight excluding hydrogens is 269 g/mol. The Hall–Kier alpha value is -1.67. The number of hydrogen-bond donors (Lipinski definition) is 0. The predicted octanol–water partition coefficient (Wildman–Crippen LogP) is 4.56. The average molecular weight is 274 g/mol. The number of halogens is 7. The van der Waals surface area contributed by atoms with Crippen molar-refractivity contribution >= 4 is 5.69 Å². The van der Waals surface area contributed by atoms with Gasteiger partial charge in [0, 0.05) is 0 Å². The van der Waals surface area contributed by atoms with Crippen LogP contribution >= 0.6 is 0 Å². The first-order valence-electron chi connectivity index (χ1n) is 4.38. The van der Waals surface area contributed by atoms with Crippen molar-refractivity contribution in [3.8, 4) is 0 Å². The fourth-order valence-electron chi connectivity index (χ4n) is 0.895. The number of rotatable bonds is 2. The third-order valence-corrected chi connectivity index (χ3v) is 1.81. The number of azo groups is 1. The molecule has 2 nitrogen and oxygen atoms in total. The van der Waals surface area contributed by atoms with E-state index in [4.69, 9.17) is 0 Å². The van der Waals surface area contributed by atoms with Crippen LogP contribution in [0, 0.1) is 0 Å². The predicted molar refractivity (Wildman–Crippen MR) is 46.9 cm³/mol. The van der Waals surface area contributed by atoms with Gasteiger partial charge in [-0.1, -0.05) is 18.2 Å². The van der Waals surface area contributed by atoms with E-state index < -0.39 is 18.1 Å². The van der Waals surface area contributed by atoms with Crippen molar-refractivity contribution in [3.63, 3.8) is 0 Å². The van der Waals surface area contributed by atoms with Crippen LogP contribution in [0.1, 0.15) is 0 Å². The largest absolute Gasteiger partial charge is 0.455 e. The van der Waals surface area contributed by atoms with Crippen LogP contribution in [0.15, 0.2) is 40.6 Å². The molecule has 0 fully saturated rings. The molecule has 0 saturated carbocycles. The maximum atomic E-state index is 13.0. The fourth-order valence-corrected chi connectivity index (χ4v) is 0.895. The molecule has 100 valence electrons. The normalized spacial score (nSPS) is 14.2. The van der Waals surface area contributed by atoms with E-state index in [-0.39, 0.29) is 5.69 Å². The van der Waals surface area contributed by atoms with Gasteiger partial charge in [0.25, 0.3) is 0 Å². The molecule has 0 heterocycles. The summed E-state index contributed by atoms with van der Waals surface area (Å²) >= 11 is 0. The molecule has 0 spiro atoms. The van der Waals surface area contributed by atoms with Gasteiger partial charge in [0.2, 0.25) is 0 Å². The molecule has 0 aliphatic rings. The summed E-state index contributed by atoms with van der Waals surface area (Å²) < 4.78 is 85.3. The zero-order chi connectivity index (χ0) is 14.0. The zero-order valence-corrected chi connectivity index (χ0v) is 8.43. The Labute approximate surface area is 96.1 Å². The molecule has 0 aromatic heterocycles. The van der Waals surface area contributed by atoms with E-state index in [2.05, 4.69) is 5.11 Å². The van der Waals surface area contributed by atoms with Crippen molar-refractivity contribution in [1.82, 2.24) is 0 Å². The summed E-state index contributed by atoms with van der Waals surface area (Å²) in [6.07, 6.45) is -12.5. The van der Waals surface area contributed by atoms with Crippen LogP contribution in [0.5, 0.6) is 0 Å². The van der Waals surface area contributed by atoms with E-state index in [1.165, 1.54) is 18.2 Å². The Morgan fingerprint density at radius 2 is 1.17 bits per heavy atom. The first-order valence-corrected chi connectivity index (χ1v) is 4.38. The molecule has 1 rings (SSSR count). The molecule has 0 N–H and O–H groups in total. The Kier molecular flexibility index (Phi) is 3.63. The maximum absolute atomic E-state index is 13.0. The first kappa shape index (κ1) is 14.4. The standard InChI is InChI=1S/C9H5F7N2/c10-7(8(11,12)13,9(14,15)16)18-17-6-4-2-1-3-5-6/h1-5H. The summed E-state index contributed by atoms with van der Waals surface area (Å²) in [5, 5.41) is 4.40. The summed E-state index contributed by atoms with van der Waals surface area (Å²) in [6, 6.07) is 6.22. The topological polar surface area (TPSA) is 24.7 Å². The molecule has 0 radical (unpaired) electrons. The Morgan fingerprint density at radius 1 is 0.722 bits per heavy atom. The fraction of sp³-hybridized carbons (Fsp3) is 0.333. The lowest BCUT2D eigenvalue weighted by Crippen LogP contribution is -2.51. The van der Waals surface area contributed by atoms with Crippen molar-refractivity contribution in [3.05, 3.63) is 30.3 Å². The molecule has 1 aromatic rings. The van der Waals surface area contributed by atoms with Crippen molar-refractivity contribution < 1.29 is 30.7 Å². The minimum absolute atomic E-state index is 0.326. The molecule has 0 bridgehead atoms. The highest BCUT2D eigenvalue weighted by atomic mass is 19.4. The van der Waals surface area contributed by atoms with Gasteiger partial charge in [0.1, 0.15) is 0 Å².